The van der Waals surface area contributed by atoms with Crippen LogP contribution in [0.2, 0.25) is 0 Å². The van der Waals surface area contributed by atoms with Crippen LogP contribution in [-0.2, 0) is 6.61 Å². The van der Waals surface area contributed by atoms with E-state index in [1.54, 1.807) is 13.2 Å². The zero-order valence-electron chi connectivity index (χ0n) is 13.6. The lowest BCUT2D eigenvalue weighted by Gasteiger charge is -2.09. The van der Waals surface area contributed by atoms with Crippen molar-refractivity contribution in [1.29, 1.82) is 0 Å². The minimum atomic E-state index is 0.264. The van der Waals surface area contributed by atoms with E-state index in [4.69, 9.17) is 9.47 Å². The zero-order chi connectivity index (χ0) is 16.4. The van der Waals surface area contributed by atoms with Crippen LogP contribution in [0.5, 0.6) is 17.2 Å². The summed E-state index contributed by atoms with van der Waals surface area (Å²) in [5, 5.41) is 11.2. The number of rotatable bonds is 5. The molecule has 0 amide bonds. The van der Waals surface area contributed by atoms with Gasteiger partial charge >= 0.3 is 0 Å². The third kappa shape index (κ3) is 2.97. The lowest BCUT2D eigenvalue weighted by molar-refractivity contribution is 0.306. The van der Waals surface area contributed by atoms with Crippen molar-refractivity contribution in [2.45, 2.75) is 26.5 Å². The summed E-state index contributed by atoms with van der Waals surface area (Å²) >= 11 is 0. The van der Waals surface area contributed by atoms with Crippen LogP contribution >= 0.6 is 0 Å². The normalized spacial score (nSPS) is 11.1. The highest BCUT2D eigenvalue weighted by atomic mass is 16.5. The van der Waals surface area contributed by atoms with Gasteiger partial charge in [-0.15, -0.1) is 0 Å². The van der Waals surface area contributed by atoms with Gasteiger partial charge in [-0.05, 0) is 44.2 Å². The van der Waals surface area contributed by atoms with Crippen LogP contribution in [0.15, 0.2) is 48.7 Å². The van der Waals surface area contributed by atoms with Gasteiger partial charge in [0.05, 0.1) is 12.6 Å². The van der Waals surface area contributed by atoms with E-state index in [9.17, 15) is 5.11 Å². The van der Waals surface area contributed by atoms with Crippen LogP contribution < -0.4 is 9.47 Å². The molecule has 0 bridgehead atoms. The lowest BCUT2D eigenvalue weighted by atomic mass is 10.2. The van der Waals surface area contributed by atoms with Gasteiger partial charge in [-0.2, -0.15) is 0 Å². The molecule has 4 nitrogen and oxygen atoms in total. The van der Waals surface area contributed by atoms with Gasteiger partial charge in [-0.3, -0.25) is 0 Å². The van der Waals surface area contributed by atoms with Gasteiger partial charge in [0.15, 0.2) is 0 Å². The summed E-state index contributed by atoms with van der Waals surface area (Å²) in [6, 6.07) is 13.4. The number of benzene rings is 2. The van der Waals surface area contributed by atoms with Crippen molar-refractivity contribution in [3.05, 3.63) is 54.2 Å². The summed E-state index contributed by atoms with van der Waals surface area (Å²) in [4.78, 5) is 0. The number of phenolic OH excluding ortho intramolecular Hbond substituents is 1. The molecular formula is C19H21NO3. The Morgan fingerprint density at radius 1 is 1.04 bits per heavy atom. The fraction of sp³-hybridized carbons (Fsp3) is 0.263. The van der Waals surface area contributed by atoms with E-state index in [1.807, 2.05) is 36.4 Å². The van der Waals surface area contributed by atoms with E-state index in [-0.39, 0.29) is 6.04 Å². The number of methoxy groups -OCH3 is 1. The molecule has 0 saturated heterocycles. The van der Waals surface area contributed by atoms with Gasteiger partial charge in [0.25, 0.3) is 0 Å². The Labute approximate surface area is 135 Å². The smallest absolute Gasteiger partial charge is 0.139 e. The molecular weight excluding hydrogens is 290 g/mol. The van der Waals surface area contributed by atoms with E-state index in [1.165, 1.54) is 0 Å². The molecule has 3 rings (SSSR count). The lowest BCUT2D eigenvalue weighted by Crippen LogP contribution is -1.99. The van der Waals surface area contributed by atoms with Crippen LogP contribution in [-0.4, -0.2) is 16.8 Å². The summed E-state index contributed by atoms with van der Waals surface area (Å²) in [5.74, 6) is 1.89. The second kappa shape index (κ2) is 6.24. The highest BCUT2D eigenvalue weighted by Gasteiger charge is 2.14. The molecule has 0 spiro atoms. The predicted octanol–water partition coefficient (Wildman–Crippen LogP) is 4.52. The Hall–Kier alpha value is -2.62. The molecule has 0 saturated carbocycles. The summed E-state index contributed by atoms with van der Waals surface area (Å²) in [7, 11) is 1.64. The molecule has 0 aliphatic carbocycles. The van der Waals surface area contributed by atoms with Crippen molar-refractivity contribution < 1.29 is 14.6 Å². The monoisotopic (exact) mass is 311 g/mol. The van der Waals surface area contributed by atoms with E-state index in [2.05, 4.69) is 24.6 Å². The van der Waals surface area contributed by atoms with Gasteiger partial charge in [-0.1, -0.05) is 12.1 Å². The predicted molar refractivity (Wildman–Crippen MR) is 91.3 cm³/mol. The van der Waals surface area contributed by atoms with Crippen molar-refractivity contribution in [2.75, 3.05) is 7.11 Å². The van der Waals surface area contributed by atoms with Crippen molar-refractivity contribution in [1.82, 2.24) is 4.57 Å². The third-order valence-corrected chi connectivity index (χ3v) is 3.92. The molecule has 0 fully saturated rings. The quantitative estimate of drug-likeness (QED) is 0.753. The molecule has 0 unspecified atom stereocenters. The highest BCUT2D eigenvalue weighted by Crippen LogP contribution is 2.32. The average Bonchev–Trinajstić information content (AvgIpc) is 2.94. The molecule has 0 radical (unpaired) electrons. The largest absolute Gasteiger partial charge is 0.506 e. The zero-order valence-corrected chi connectivity index (χ0v) is 13.6. The number of hydrogen-bond donors (Lipinski definition) is 1. The summed E-state index contributed by atoms with van der Waals surface area (Å²) in [6.07, 6.45) is 2.05. The van der Waals surface area contributed by atoms with Crippen molar-refractivity contribution in [3.8, 4) is 17.2 Å². The van der Waals surface area contributed by atoms with Gasteiger partial charge < -0.3 is 19.1 Å². The Kier molecular flexibility index (Phi) is 4.15. The molecule has 4 heteroatoms. The molecule has 1 aromatic heterocycles. The Morgan fingerprint density at radius 2 is 1.74 bits per heavy atom. The number of para-hydroxylation sites is 1. The fourth-order valence-electron chi connectivity index (χ4n) is 2.72. The van der Waals surface area contributed by atoms with Gasteiger partial charge in [0, 0.05) is 23.2 Å². The van der Waals surface area contributed by atoms with Gasteiger partial charge in [0.1, 0.15) is 23.9 Å². The first-order valence-corrected chi connectivity index (χ1v) is 7.68. The third-order valence-electron chi connectivity index (χ3n) is 3.92. The first-order chi connectivity index (χ1) is 11.1. The van der Waals surface area contributed by atoms with Crippen LogP contribution in [0.3, 0.4) is 0 Å². The fourth-order valence-corrected chi connectivity index (χ4v) is 2.72. The molecule has 3 aromatic rings. The van der Waals surface area contributed by atoms with Crippen molar-refractivity contribution in [2.24, 2.45) is 0 Å². The van der Waals surface area contributed by atoms with Crippen LogP contribution in [0.1, 0.15) is 25.5 Å². The number of hydrogen-bond acceptors (Lipinski definition) is 3. The Balaban J connectivity index is 1.89. The van der Waals surface area contributed by atoms with Crippen LogP contribution in [0, 0.1) is 0 Å². The van der Waals surface area contributed by atoms with E-state index in [0.29, 0.717) is 12.4 Å². The average molecular weight is 311 g/mol. The molecule has 0 aliphatic rings. The number of fused-ring (bicyclic) bond motifs is 1. The maximum Gasteiger partial charge on any atom is 0.139 e. The minimum Gasteiger partial charge on any atom is -0.506 e. The van der Waals surface area contributed by atoms with Gasteiger partial charge in [-0.25, -0.2) is 0 Å². The van der Waals surface area contributed by atoms with E-state index >= 15 is 0 Å². The summed E-state index contributed by atoms with van der Waals surface area (Å²) in [5.41, 5.74) is 1.91. The Bertz CT molecular complexity index is 803. The number of phenols is 1. The number of nitrogens with zero attached hydrogens (tertiary/aromatic N) is 1. The van der Waals surface area contributed by atoms with Gasteiger partial charge in [0.2, 0.25) is 0 Å². The SMILES string of the molecule is COc1ccc(OCc2cn(C(C)C)c3c(O)cccc23)cc1. The summed E-state index contributed by atoms with van der Waals surface area (Å²) < 4.78 is 13.1. The molecule has 120 valence electrons. The molecule has 0 aliphatic heterocycles. The standard InChI is InChI=1S/C19H21NO3/c1-13(2)20-11-14(17-5-4-6-18(21)19(17)20)12-23-16-9-7-15(22-3)8-10-16/h4-11,13,21H,12H2,1-3H3. The first kappa shape index (κ1) is 15.3. The summed E-state index contributed by atoms with van der Waals surface area (Å²) in [6.45, 7) is 4.64. The molecule has 2 aromatic carbocycles. The van der Waals surface area contributed by atoms with Crippen LogP contribution in [0.25, 0.3) is 10.9 Å². The maximum atomic E-state index is 10.2. The van der Waals surface area contributed by atoms with Crippen LogP contribution in [0.4, 0.5) is 0 Å². The van der Waals surface area contributed by atoms with Crippen molar-refractivity contribution in [3.63, 3.8) is 0 Å². The minimum absolute atomic E-state index is 0.264. The molecule has 0 atom stereocenters. The molecule has 1 N–H and O–H groups in total. The van der Waals surface area contributed by atoms with E-state index < -0.39 is 0 Å². The topological polar surface area (TPSA) is 43.6 Å². The van der Waals surface area contributed by atoms with Crippen molar-refractivity contribution >= 4 is 10.9 Å². The Morgan fingerprint density at radius 3 is 2.39 bits per heavy atom. The number of ether oxygens (including phenoxy) is 2. The number of aromatic nitrogens is 1. The number of aromatic hydroxyl groups is 1. The highest BCUT2D eigenvalue weighted by molar-refractivity contribution is 5.89. The second-order valence-corrected chi connectivity index (χ2v) is 5.79. The van der Waals surface area contributed by atoms with E-state index in [0.717, 1.165) is 28.0 Å². The molecule has 23 heavy (non-hydrogen) atoms. The second-order valence-electron chi connectivity index (χ2n) is 5.79. The maximum absolute atomic E-state index is 10.2. The molecule has 1 heterocycles. The first-order valence-electron chi connectivity index (χ1n) is 7.68.